The topological polar surface area (TPSA) is 186 Å². The molecule has 4 rings (SSSR count). The molecule has 2 heterocycles. The average Bonchev–Trinajstić information content (AvgIpc) is 3.55. The molecule has 3 atom stereocenters. The predicted octanol–water partition coefficient (Wildman–Crippen LogP) is 2.96. The molecule has 1 aliphatic heterocycles. The molecule has 4 amide bonds. The smallest absolute Gasteiger partial charge is 0.328 e. The van der Waals surface area contributed by atoms with E-state index < -0.39 is 52.0 Å². The normalized spacial score (nSPS) is 15.9. The minimum atomic E-state index is -4.18. The number of aromatic hydroxyl groups is 1. The first-order chi connectivity index (χ1) is 22.6. The highest BCUT2D eigenvalue weighted by Gasteiger charge is 2.44. The third kappa shape index (κ3) is 8.69. The van der Waals surface area contributed by atoms with Crippen LogP contribution in [-0.2, 0) is 32.6 Å². The molecule has 48 heavy (non-hydrogen) atoms. The summed E-state index contributed by atoms with van der Waals surface area (Å²) in [6.07, 6.45) is -1.23. The van der Waals surface area contributed by atoms with Crippen molar-refractivity contribution in [3.05, 3.63) is 70.2 Å². The summed E-state index contributed by atoms with van der Waals surface area (Å²) in [7, 11) is -4.18. The van der Waals surface area contributed by atoms with Gasteiger partial charge in [-0.1, -0.05) is 58.0 Å². The van der Waals surface area contributed by atoms with Crippen LogP contribution in [0.3, 0.4) is 0 Å². The number of aliphatic hydroxyl groups is 1. The van der Waals surface area contributed by atoms with Gasteiger partial charge in [0.05, 0.1) is 40.0 Å². The number of rotatable bonds is 15. The van der Waals surface area contributed by atoms with Crippen LogP contribution in [0.4, 0.5) is 10.5 Å². The maximum absolute atomic E-state index is 14.0. The maximum atomic E-state index is 14.0. The molecule has 0 bridgehead atoms. The van der Waals surface area contributed by atoms with E-state index in [4.69, 9.17) is 5.73 Å². The Morgan fingerprint density at radius 1 is 1.10 bits per heavy atom. The molecule has 0 radical (unpaired) electrons. The van der Waals surface area contributed by atoms with E-state index in [1.807, 2.05) is 51.1 Å². The lowest BCUT2D eigenvalue weighted by Gasteiger charge is -2.34. The third-order valence-electron chi connectivity index (χ3n) is 7.99. The molecule has 1 aliphatic rings. The van der Waals surface area contributed by atoms with Crippen LogP contribution in [-0.4, -0.2) is 93.4 Å². The summed E-state index contributed by atoms with van der Waals surface area (Å²) in [6, 6.07) is 10.1. The van der Waals surface area contributed by atoms with Gasteiger partial charge in [0.15, 0.2) is 0 Å². The number of benzene rings is 2. The Morgan fingerprint density at radius 2 is 1.79 bits per heavy atom. The van der Waals surface area contributed by atoms with Gasteiger partial charge in [0.1, 0.15) is 18.3 Å². The number of urea groups is 1. The molecule has 1 saturated heterocycles. The number of amides is 4. The van der Waals surface area contributed by atoms with Crippen LogP contribution in [0, 0.1) is 18.8 Å². The number of sulfonamides is 1. The van der Waals surface area contributed by atoms with Crippen molar-refractivity contribution in [2.24, 2.45) is 11.8 Å². The predicted molar refractivity (Wildman–Crippen MR) is 182 cm³/mol. The van der Waals surface area contributed by atoms with Crippen molar-refractivity contribution in [1.29, 1.82) is 0 Å². The summed E-state index contributed by atoms with van der Waals surface area (Å²) < 4.78 is 28.7. The van der Waals surface area contributed by atoms with Gasteiger partial charge in [-0.25, -0.2) is 18.2 Å². The number of thiazole rings is 1. The van der Waals surface area contributed by atoms with Gasteiger partial charge >= 0.3 is 6.03 Å². The van der Waals surface area contributed by atoms with Gasteiger partial charge in [-0.05, 0) is 48.9 Å². The van der Waals surface area contributed by atoms with Crippen LogP contribution in [0.15, 0.2) is 58.8 Å². The zero-order valence-corrected chi connectivity index (χ0v) is 29.4. The van der Waals surface area contributed by atoms with Crippen LogP contribution in [0.2, 0.25) is 0 Å². The number of carbonyl (C=O) groups is 3. The first-order valence-corrected chi connectivity index (χ1v) is 18.0. The minimum absolute atomic E-state index is 0.00682. The van der Waals surface area contributed by atoms with Gasteiger partial charge in [0.2, 0.25) is 15.9 Å². The molecule has 13 nitrogen and oxygen atoms in total. The Balaban J connectivity index is 1.60. The highest BCUT2D eigenvalue weighted by molar-refractivity contribution is 7.89. The number of imide groups is 1. The second-order valence-electron chi connectivity index (χ2n) is 12.7. The molecule has 5 N–H and O–H groups in total. The molecule has 0 unspecified atom stereocenters. The fourth-order valence-corrected chi connectivity index (χ4v) is 7.92. The number of hydrogen-bond donors (Lipinski definition) is 4. The van der Waals surface area contributed by atoms with Gasteiger partial charge in [0.25, 0.3) is 5.91 Å². The van der Waals surface area contributed by atoms with E-state index in [0.29, 0.717) is 5.69 Å². The number of phenols is 1. The van der Waals surface area contributed by atoms with Gasteiger partial charge in [-0.3, -0.25) is 14.5 Å². The number of nitrogen functional groups attached to an aromatic ring is 1. The molecule has 260 valence electrons. The summed E-state index contributed by atoms with van der Waals surface area (Å²) in [4.78, 5) is 47.0. The second-order valence-corrected chi connectivity index (χ2v) is 15.7. The van der Waals surface area contributed by atoms with Crippen molar-refractivity contribution in [3.63, 3.8) is 0 Å². The fraction of sp³-hybridized carbons (Fsp3) is 0.455. The van der Waals surface area contributed by atoms with Crippen molar-refractivity contribution in [2.45, 2.75) is 70.7 Å². The number of nitrogens with zero attached hydrogens (tertiary/aromatic N) is 4. The summed E-state index contributed by atoms with van der Waals surface area (Å²) in [5.74, 6) is -1.81. The zero-order chi connectivity index (χ0) is 35.3. The number of aromatic nitrogens is 1. The van der Waals surface area contributed by atoms with Crippen molar-refractivity contribution >= 4 is 44.9 Å². The Hall–Kier alpha value is -4.05. The number of nitrogens with two attached hydrogens (primary N) is 1. The largest absolute Gasteiger partial charge is 0.506 e. The number of phenolic OH excluding ortho intramolecular Hbond substituents is 1. The van der Waals surface area contributed by atoms with Crippen molar-refractivity contribution in [3.8, 4) is 5.75 Å². The molecule has 0 spiro atoms. The molecular formula is C33H44N6O7S2. The van der Waals surface area contributed by atoms with E-state index in [2.05, 4.69) is 10.3 Å². The SMILES string of the molecule is Cc1nc(CN2C(=O)CN([C@H](C(=O)N[C@@H](Cc3ccccc3)[C@@H](O)CN(CC(C)C)S(=O)(=O)c3ccc(O)c(N)c3)C(C)C)C2=O)cs1. The summed E-state index contributed by atoms with van der Waals surface area (Å²) >= 11 is 1.41. The van der Waals surface area contributed by atoms with Crippen molar-refractivity contribution in [1.82, 2.24) is 24.4 Å². The molecule has 2 aromatic carbocycles. The van der Waals surface area contributed by atoms with Crippen LogP contribution < -0.4 is 11.1 Å². The van der Waals surface area contributed by atoms with E-state index in [1.165, 1.54) is 28.4 Å². The molecule has 3 aromatic rings. The van der Waals surface area contributed by atoms with E-state index in [-0.39, 0.29) is 54.9 Å². The Labute approximate surface area is 285 Å². The number of anilines is 1. The number of hydrogen-bond acceptors (Lipinski definition) is 10. The summed E-state index contributed by atoms with van der Waals surface area (Å²) in [5.41, 5.74) is 7.05. The van der Waals surface area contributed by atoms with Crippen molar-refractivity contribution in [2.75, 3.05) is 25.4 Å². The van der Waals surface area contributed by atoms with E-state index >= 15 is 0 Å². The van der Waals surface area contributed by atoms with Crippen LogP contribution in [0.1, 0.15) is 44.0 Å². The maximum Gasteiger partial charge on any atom is 0.328 e. The molecular weight excluding hydrogens is 657 g/mol. The molecule has 15 heteroatoms. The number of aliphatic hydroxyl groups excluding tert-OH is 1. The summed E-state index contributed by atoms with van der Waals surface area (Å²) in [5, 5.41) is 27.0. The van der Waals surface area contributed by atoms with Crippen LogP contribution in [0.5, 0.6) is 5.75 Å². The minimum Gasteiger partial charge on any atom is -0.506 e. The number of aryl methyl sites for hydroxylation is 1. The molecule has 0 saturated carbocycles. The van der Waals surface area contributed by atoms with E-state index in [9.17, 15) is 33.0 Å². The zero-order valence-electron chi connectivity index (χ0n) is 27.7. The third-order valence-corrected chi connectivity index (χ3v) is 10.6. The average molecular weight is 701 g/mol. The Bertz CT molecular complexity index is 1710. The monoisotopic (exact) mass is 700 g/mol. The van der Waals surface area contributed by atoms with Gasteiger partial charge in [-0.15, -0.1) is 11.3 Å². The number of nitrogens with one attached hydrogen (secondary N) is 1. The Morgan fingerprint density at radius 3 is 2.38 bits per heavy atom. The van der Waals surface area contributed by atoms with Gasteiger partial charge in [0, 0.05) is 18.5 Å². The molecule has 1 aromatic heterocycles. The lowest BCUT2D eigenvalue weighted by Crippen LogP contribution is -2.57. The first kappa shape index (κ1) is 36.8. The molecule has 0 aliphatic carbocycles. The standard InChI is InChI=1S/C33H44N6O7S2/c1-20(2)15-37(48(45,46)25-11-12-28(40)26(34)14-25)17-29(41)27(13-23-9-7-6-8-10-23)36-32(43)31(21(3)4)39-18-30(42)38(33(39)44)16-24-19-47-22(5)35-24/h6-12,14,19-21,27,29,31,40-41H,13,15-18,34H2,1-5H3,(H,36,43)/t27-,29-,31-/m0/s1. The lowest BCUT2D eigenvalue weighted by molar-refractivity contribution is -0.129. The van der Waals surface area contributed by atoms with Crippen molar-refractivity contribution < 1.29 is 33.0 Å². The quantitative estimate of drug-likeness (QED) is 0.105. The highest BCUT2D eigenvalue weighted by atomic mass is 32.2. The molecule has 1 fully saturated rings. The first-order valence-electron chi connectivity index (χ1n) is 15.7. The van der Waals surface area contributed by atoms with Gasteiger partial charge in [-0.2, -0.15) is 4.31 Å². The lowest BCUT2D eigenvalue weighted by atomic mass is 9.97. The van der Waals surface area contributed by atoms with E-state index in [1.54, 1.807) is 19.2 Å². The van der Waals surface area contributed by atoms with Gasteiger partial charge < -0.3 is 26.2 Å². The Kier molecular flexibility index (Phi) is 11.8. The second kappa shape index (κ2) is 15.4. The highest BCUT2D eigenvalue weighted by Crippen LogP contribution is 2.27. The van der Waals surface area contributed by atoms with E-state index in [0.717, 1.165) is 25.8 Å². The van der Waals surface area contributed by atoms with Crippen LogP contribution >= 0.6 is 11.3 Å². The van der Waals surface area contributed by atoms with Crippen LogP contribution in [0.25, 0.3) is 0 Å². The number of carbonyl (C=O) groups excluding carboxylic acids is 3. The summed E-state index contributed by atoms with van der Waals surface area (Å²) in [6.45, 7) is 8.41. The fourth-order valence-electron chi connectivity index (χ4n) is 5.66.